The number of hydrogen-bond acceptors (Lipinski definition) is 3. The molecular weight excluding hydrogens is 574 g/mol. The summed E-state index contributed by atoms with van der Waals surface area (Å²) in [4.78, 5) is 2.29. The van der Waals surface area contributed by atoms with Crippen LogP contribution in [0, 0.1) is 0 Å². The van der Waals surface area contributed by atoms with Crippen molar-refractivity contribution in [2.75, 3.05) is 4.90 Å². The summed E-state index contributed by atoms with van der Waals surface area (Å²) in [7, 11) is 0. The predicted octanol–water partition coefficient (Wildman–Crippen LogP) is 12.9. The summed E-state index contributed by atoms with van der Waals surface area (Å²) >= 11 is 0. The Morgan fingerprint density at radius 1 is 0.298 bits per heavy atom. The quantitative estimate of drug-likeness (QED) is 0.201. The molecular formula is C44H27NO2. The predicted molar refractivity (Wildman–Crippen MR) is 196 cm³/mol. The molecule has 0 radical (unpaired) electrons. The molecule has 0 amide bonds. The number of para-hydroxylation sites is 2. The summed E-state index contributed by atoms with van der Waals surface area (Å²) in [5.74, 6) is 0. The molecule has 8 aromatic carbocycles. The molecule has 3 heteroatoms. The average Bonchev–Trinajstić information content (AvgIpc) is 3.69. The van der Waals surface area contributed by atoms with E-state index < -0.39 is 0 Å². The third-order valence-electron chi connectivity index (χ3n) is 9.41. The van der Waals surface area contributed by atoms with Crippen LogP contribution in [0.25, 0.3) is 76.5 Å². The van der Waals surface area contributed by atoms with Crippen LogP contribution in [-0.2, 0) is 0 Å². The molecule has 0 fully saturated rings. The molecule has 10 rings (SSSR count). The van der Waals surface area contributed by atoms with Crippen molar-refractivity contribution in [3.8, 4) is 11.1 Å². The molecule has 2 heterocycles. The molecule has 3 nitrogen and oxygen atoms in total. The van der Waals surface area contributed by atoms with Crippen molar-refractivity contribution in [3.05, 3.63) is 164 Å². The van der Waals surface area contributed by atoms with E-state index in [0.29, 0.717) is 0 Å². The van der Waals surface area contributed by atoms with Crippen molar-refractivity contribution < 1.29 is 8.83 Å². The van der Waals surface area contributed by atoms with Gasteiger partial charge in [0.25, 0.3) is 0 Å². The van der Waals surface area contributed by atoms with Crippen LogP contribution >= 0.6 is 0 Å². The van der Waals surface area contributed by atoms with Crippen molar-refractivity contribution >= 4 is 82.5 Å². The highest BCUT2D eigenvalue weighted by Gasteiger charge is 2.18. The highest BCUT2D eigenvalue weighted by molar-refractivity contribution is 6.08. The Hall–Kier alpha value is -6.32. The van der Waals surface area contributed by atoms with Crippen molar-refractivity contribution in [1.29, 1.82) is 0 Å². The minimum Gasteiger partial charge on any atom is -0.456 e. The monoisotopic (exact) mass is 601 g/mol. The molecule has 220 valence electrons. The second-order valence-corrected chi connectivity index (χ2v) is 12.2. The van der Waals surface area contributed by atoms with Gasteiger partial charge in [0.15, 0.2) is 0 Å². The minimum absolute atomic E-state index is 0.860. The third kappa shape index (κ3) is 4.21. The number of rotatable bonds is 4. The summed E-state index contributed by atoms with van der Waals surface area (Å²) in [5, 5.41) is 9.33. The Kier molecular flexibility index (Phi) is 5.57. The number of hydrogen-bond donors (Lipinski definition) is 0. The average molecular weight is 602 g/mol. The van der Waals surface area contributed by atoms with Crippen molar-refractivity contribution in [2.45, 2.75) is 0 Å². The van der Waals surface area contributed by atoms with Gasteiger partial charge in [-0.3, -0.25) is 0 Å². The number of benzene rings is 8. The first-order valence-electron chi connectivity index (χ1n) is 15.9. The molecule has 0 N–H and O–H groups in total. The van der Waals surface area contributed by atoms with Gasteiger partial charge >= 0.3 is 0 Å². The van der Waals surface area contributed by atoms with Gasteiger partial charge in [-0.1, -0.05) is 91.0 Å². The maximum atomic E-state index is 6.33. The Labute approximate surface area is 270 Å². The molecule has 47 heavy (non-hydrogen) atoms. The van der Waals surface area contributed by atoms with Crippen LogP contribution in [0.3, 0.4) is 0 Å². The first-order chi connectivity index (χ1) is 23.2. The maximum absolute atomic E-state index is 6.33. The van der Waals surface area contributed by atoms with Crippen molar-refractivity contribution in [3.63, 3.8) is 0 Å². The second-order valence-electron chi connectivity index (χ2n) is 12.2. The molecule has 0 saturated carbocycles. The van der Waals surface area contributed by atoms with Gasteiger partial charge in [-0.2, -0.15) is 0 Å². The van der Waals surface area contributed by atoms with Gasteiger partial charge in [0.2, 0.25) is 0 Å². The van der Waals surface area contributed by atoms with Gasteiger partial charge in [-0.25, -0.2) is 0 Å². The van der Waals surface area contributed by atoms with E-state index in [4.69, 9.17) is 8.83 Å². The number of nitrogens with zero attached hydrogens (tertiary/aromatic N) is 1. The molecule has 0 atom stereocenters. The summed E-state index contributed by atoms with van der Waals surface area (Å²) in [6.45, 7) is 0. The first kappa shape index (κ1) is 26.0. The number of furan rings is 2. The van der Waals surface area contributed by atoms with Gasteiger partial charge < -0.3 is 13.7 Å². The normalized spacial score (nSPS) is 11.8. The van der Waals surface area contributed by atoms with E-state index in [1.807, 2.05) is 24.3 Å². The van der Waals surface area contributed by atoms with E-state index in [1.165, 1.54) is 32.7 Å². The van der Waals surface area contributed by atoms with E-state index >= 15 is 0 Å². The number of anilines is 3. The lowest BCUT2D eigenvalue weighted by Crippen LogP contribution is -2.09. The summed E-state index contributed by atoms with van der Waals surface area (Å²) < 4.78 is 12.7. The zero-order chi connectivity index (χ0) is 30.9. The minimum atomic E-state index is 0.860. The molecule has 0 aliphatic carbocycles. The Balaban J connectivity index is 1.13. The smallest absolute Gasteiger partial charge is 0.137 e. The van der Waals surface area contributed by atoms with Gasteiger partial charge in [-0.15, -0.1) is 0 Å². The first-order valence-corrected chi connectivity index (χ1v) is 15.9. The van der Waals surface area contributed by atoms with Crippen LogP contribution in [0.5, 0.6) is 0 Å². The lowest BCUT2D eigenvalue weighted by atomic mass is 9.98. The van der Waals surface area contributed by atoms with E-state index in [9.17, 15) is 0 Å². The lowest BCUT2D eigenvalue weighted by Gasteiger charge is -2.26. The zero-order valence-corrected chi connectivity index (χ0v) is 25.4. The topological polar surface area (TPSA) is 29.5 Å². The summed E-state index contributed by atoms with van der Waals surface area (Å²) in [5.41, 5.74) is 9.01. The molecule has 0 unspecified atom stereocenters. The Bertz CT molecular complexity index is 2710. The van der Waals surface area contributed by atoms with Crippen molar-refractivity contribution in [2.24, 2.45) is 0 Å². The second kappa shape index (κ2) is 10.1. The summed E-state index contributed by atoms with van der Waals surface area (Å²) in [6.07, 6.45) is 0. The van der Waals surface area contributed by atoms with Crippen LogP contribution in [0.2, 0.25) is 0 Å². The van der Waals surface area contributed by atoms with Gasteiger partial charge in [0.1, 0.15) is 22.3 Å². The molecule has 0 spiro atoms. The van der Waals surface area contributed by atoms with Crippen LogP contribution in [-0.4, -0.2) is 0 Å². The fraction of sp³-hybridized carbons (Fsp3) is 0. The SMILES string of the molecule is c1ccc2cc(-c3ccc4cc(N(c5ccc6c(c5)oc5ccccc56)c5ccc6c(c5)oc5ccccc56)ccc4c3)ccc2c1. The van der Waals surface area contributed by atoms with Gasteiger partial charge in [0.05, 0.1) is 0 Å². The standard InChI is InChI=1S/C44H27NO2/c1-2-8-29-23-30(14-13-28(29)7-1)31-15-16-33-25-34(18-17-32(33)24-31)45(35-19-21-39-37-9-3-5-11-41(37)46-43(39)26-35)36-20-22-40-38-10-4-6-12-42(38)47-44(40)27-36/h1-27H. The Morgan fingerprint density at radius 2 is 0.723 bits per heavy atom. The van der Waals surface area contributed by atoms with Gasteiger partial charge in [-0.05, 0) is 93.3 Å². The number of fused-ring (bicyclic) bond motifs is 8. The lowest BCUT2D eigenvalue weighted by molar-refractivity contribution is 0.669. The van der Waals surface area contributed by atoms with Crippen molar-refractivity contribution in [1.82, 2.24) is 0 Å². The molecule has 0 saturated heterocycles. The van der Waals surface area contributed by atoms with Crippen LogP contribution < -0.4 is 4.90 Å². The fourth-order valence-electron chi connectivity index (χ4n) is 7.08. The summed E-state index contributed by atoms with van der Waals surface area (Å²) in [6, 6.07) is 58.0. The van der Waals surface area contributed by atoms with Crippen LogP contribution in [0.4, 0.5) is 17.1 Å². The maximum Gasteiger partial charge on any atom is 0.137 e. The van der Waals surface area contributed by atoms with Crippen LogP contribution in [0.15, 0.2) is 173 Å². The fourth-order valence-corrected chi connectivity index (χ4v) is 7.08. The van der Waals surface area contributed by atoms with Crippen LogP contribution in [0.1, 0.15) is 0 Å². The van der Waals surface area contributed by atoms with E-state index in [-0.39, 0.29) is 0 Å². The van der Waals surface area contributed by atoms with E-state index in [2.05, 4.69) is 144 Å². The zero-order valence-electron chi connectivity index (χ0n) is 25.4. The molecule has 0 bridgehead atoms. The Morgan fingerprint density at radius 3 is 1.36 bits per heavy atom. The van der Waals surface area contributed by atoms with E-state index in [1.54, 1.807) is 0 Å². The third-order valence-corrected chi connectivity index (χ3v) is 9.41. The molecule has 10 aromatic rings. The molecule has 2 aromatic heterocycles. The highest BCUT2D eigenvalue weighted by Crippen LogP contribution is 2.42. The molecule has 0 aliphatic rings. The largest absolute Gasteiger partial charge is 0.456 e. The highest BCUT2D eigenvalue weighted by atomic mass is 16.3. The van der Waals surface area contributed by atoms with Gasteiger partial charge in [0, 0.05) is 50.7 Å². The van der Waals surface area contributed by atoms with E-state index in [0.717, 1.165) is 60.9 Å². The molecule has 0 aliphatic heterocycles.